The van der Waals surface area contributed by atoms with Gasteiger partial charge >= 0.3 is 0 Å². The van der Waals surface area contributed by atoms with Crippen molar-refractivity contribution in [1.82, 2.24) is 15.0 Å². The molecule has 0 aliphatic heterocycles. The topological polar surface area (TPSA) is 74.0 Å². The number of aromatic amines is 1. The standard InChI is InChI=1S/C12H23N3O2S2/c1-4-5-13-7-11-6-12(8-14-11)19(16,17)15-10(2)9-18-3/h6,8,10,13-15H,4-5,7,9H2,1-3H3. The molecule has 0 saturated heterocycles. The maximum atomic E-state index is 12.1. The van der Waals surface area contributed by atoms with Gasteiger partial charge in [0.05, 0.1) is 4.90 Å². The highest BCUT2D eigenvalue weighted by Gasteiger charge is 2.18. The molecule has 0 aliphatic rings. The van der Waals surface area contributed by atoms with Crippen molar-refractivity contribution in [3.8, 4) is 0 Å². The van der Waals surface area contributed by atoms with Crippen LogP contribution in [0, 0.1) is 0 Å². The molecule has 0 fully saturated rings. The van der Waals surface area contributed by atoms with E-state index in [1.165, 1.54) is 6.20 Å². The number of hydrogen-bond acceptors (Lipinski definition) is 4. The second-order valence-electron chi connectivity index (χ2n) is 4.52. The van der Waals surface area contributed by atoms with Gasteiger partial charge in [-0.2, -0.15) is 11.8 Å². The van der Waals surface area contributed by atoms with Crippen LogP contribution in [-0.4, -0.2) is 38.0 Å². The zero-order valence-electron chi connectivity index (χ0n) is 11.7. The monoisotopic (exact) mass is 305 g/mol. The number of nitrogens with one attached hydrogen (secondary N) is 3. The van der Waals surface area contributed by atoms with Crippen LogP contribution in [0.5, 0.6) is 0 Å². The normalized spacial score (nSPS) is 13.6. The Kier molecular flexibility index (Phi) is 6.92. The van der Waals surface area contributed by atoms with Crippen molar-refractivity contribution in [2.24, 2.45) is 0 Å². The molecule has 0 bridgehead atoms. The van der Waals surface area contributed by atoms with Gasteiger partial charge in [0, 0.05) is 30.2 Å². The van der Waals surface area contributed by atoms with E-state index in [1.54, 1.807) is 17.8 Å². The summed E-state index contributed by atoms with van der Waals surface area (Å²) in [5, 5.41) is 3.23. The van der Waals surface area contributed by atoms with Crippen LogP contribution in [0.4, 0.5) is 0 Å². The van der Waals surface area contributed by atoms with Gasteiger partial charge in [0.25, 0.3) is 0 Å². The third kappa shape index (κ3) is 5.56. The van der Waals surface area contributed by atoms with Crippen LogP contribution in [-0.2, 0) is 16.6 Å². The van der Waals surface area contributed by atoms with E-state index in [4.69, 9.17) is 0 Å². The van der Waals surface area contributed by atoms with Crippen molar-refractivity contribution < 1.29 is 8.42 Å². The Hall–Kier alpha value is -0.500. The summed E-state index contributed by atoms with van der Waals surface area (Å²) in [5.41, 5.74) is 0.881. The molecule has 0 spiro atoms. The average molecular weight is 305 g/mol. The fourth-order valence-electron chi connectivity index (χ4n) is 1.69. The molecule has 7 heteroatoms. The Bertz CT molecular complexity index is 471. The predicted octanol–water partition coefficient (Wildman–Crippen LogP) is 1.54. The van der Waals surface area contributed by atoms with E-state index in [1.807, 2.05) is 13.2 Å². The highest BCUT2D eigenvalue weighted by Crippen LogP contribution is 2.12. The molecule has 1 aromatic heterocycles. The lowest BCUT2D eigenvalue weighted by Crippen LogP contribution is -2.34. The van der Waals surface area contributed by atoms with Gasteiger partial charge in [-0.1, -0.05) is 6.92 Å². The maximum Gasteiger partial charge on any atom is 0.242 e. The molecule has 1 aromatic rings. The minimum atomic E-state index is -3.41. The van der Waals surface area contributed by atoms with Crippen molar-refractivity contribution in [3.05, 3.63) is 18.0 Å². The minimum Gasteiger partial charge on any atom is -0.363 e. The second kappa shape index (κ2) is 7.94. The fourth-order valence-corrected chi connectivity index (χ4v) is 3.64. The number of thioether (sulfide) groups is 1. The summed E-state index contributed by atoms with van der Waals surface area (Å²) in [6.45, 7) is 5.53. The van der Waals surface area contributed by atoms with E-state index in [-0.39, 0.29) is 6.04 Å². The van der Waals surface area contributed by atoms with Crippen molar-refractivity contribution in [1.29, 1.82) is 0 Å². The first-order valence-electron chi connectivity index (χ1n) is 6.39. The van der Waals surface area contributed by atoms with Gasteiger partial charge in [-0.25, -0.2) is 13.1 Å². The van der Waals surface area contributed by atoms with Crippen LogP contribution in [0.2, 0.25) is 0 Å². The molecule has 0 radical (unpaired) electrons. The number of aromatic nitrogens is 1. The van der Waals surface area contributed by atoms with Gasteiger partial charge in [0.2, 0.25) is 10.0 Å². The van der Waals surface area contributed by atoms with Crippen LogP contribution in [0.3, 0.4) is 0 Å². The Morgan fingerprint density at radius 3 is 2.84 bits per heavy atom. The second-order valence-corrected chi connectivity index (χ2v) is 7.14. The number of hydrogen-bond donors (Lipinski definition) is 3. The van der Waals surface area contributed by atoms with Gasteiger partial charge in [0.1, 0.15) is 0 Å². The van der Waals surface area contributed by atoms with Crippen molar-refractivity contribution in [3.63, 3.8) is 0 Å². The summed E-state index contributed by atoms with van der Waals surface area (Å²) in [7, 11) is -3.41. The average Bonchev–Trinajstić information content (AvgIpc) is 2.78. The molecule has 0 aliphatic carbocycles. The quantitative estimate of drug-likeness (QED) is 0.605. The van der Waals surface area contributed by atoms with E-state index < -0.39 is 10.0 Å². The molecular weight excluding hydrogens is 282 g/mol. The lowest BCUT2D eigenvalue weighted by atomic mass is 10.4. The molecule has 1 unspecified atom stereocenters. The van der Waals surface area contributed by atoms with E-state index >= 15 is 0 Å². The van der Waals surface area contributed by atoms with E-state index in [2.05, 4.69) is 21.9 Å². The SMILES string of the molecule is CCCNCc1cc(S(=O)(=O)NC(C)CSC)c[nH]1. The van der Waals surface area contributed by atoms with E-state index in [0.717, 1.165) is 24.4 Å². The number of rotatable bonds is 9. The summed E-state index contributed by atoms with van der Waals surface area (Å²) >= 11 is 1.62. The molecule has 5 nitrogen and oxygen atoms in total. The highest BCUT2D eigenvalue weighted by molar-refractivity contribution is 7.98. The van der Waals surface area contributed by atoms with Crippen LogP contribution in [0.25, 0.3) is 0 Å². The highest BCUT2D eigenvalue weighted by atomic mass is 32.2. The molecule has 19 heavy (non-hydrogen) atoms. The molecule has 0 amide bonds. The van der Waals surface area contributed by atoms with Crippen molar-refractivity contribution in [2.45, 2.75) is 37.8 Å². The summed E-state index contributed by atoms with van der Waals surface area (Å²) in [6.07, 6.45) is 4.55. The minimum absolute atomic E-state index is 0.0726. The van der Waals surface area contributed by atoms with Crippen LogP contribution < -0.4 is 10.0 Å². The molecule has 1 atom stereocenters. The summed E-state index contributed by atoms with van der Waals surface area (Å²) in [5.74, 6) is 0.758. The first kappa shape index (κ1) is 16.6. The van der Waals surface area contributed by atoms with Crippen LogP contribution in [0.15, 0.2) is 17.2 Å². The molecule has 3 N–H and O–H groups in total. The predicted molar refractivity (Wildman–Crippen MR) is 81.0 cm³/mol. The molecule has 0 aromatic carbocycles. The first-order chi connectivity index (χ1) is 8.99. The first-order valence-corrected chi connectivity index (χ1v) is 9.26. The van der Waals surface area contributed by atoms with Gasteiger partial charge in [-0.05, 0) is 32.2 Å². The third-order valence-electron chi connectivity index (χ3n) is 2.54. The Balaban J connectivity index is 2.63. The van der Waals surface area contributed by atoms with E-state index in [9.17, 15) is 8.42 Å². The summed E-state index contributed by atoms with van der Waals surface area (Å²) in [6, 6.07) is 1.60. The largest absolute Gasteiger partial charge is 0.363 e. The van der Waals surface area contributed by atoms with Crippen molar-refractivity contribution in [2.75, 3.05) is 18.6 Å². The smallest absolute Gasteiger partial charge is 0.242 e. The third-order valence-corrected chi connectivity index (χ3v) is 4.94. The van der Waals surface area contributed by atoms with Gasteiger partial charge in [-0.3, -0.25) is 0 Å². The van der Waals surface area contributed by atoms with Crippen LogP contribution >= 0.6 is 11.8 Å². The Morgan fingerprint density at radius 2 is 2.21 bits per heavy atom. The van der Waals surface area contributed by atoms with Crippen molar-refractivity contribution >= 4 is 21.8 Å². The van der Waals surface area contributed by atoms with Gasteiger partial charge in [-0.15, -0.1) is 0 Å². The maximum absolute atomic E-state index is 12.1. The zero-order chi connectivity index (χ0) is 14.3. The number of H-pyrrole nitrogens is 1. The lowest BCUT2D eigenvalue weighted by Gasteiger charge is -2.11. The molecule has 1 rings (SSSR count). The summed E-state index contributed by atoms with van der Waals surface area (Å²) in [4.78, 5) is 3.29. The molecular formula is C12H23N3O2S2. The molecule has 1 heterocycles. The van der Waals surface area contributed by atoms with Gasteiger partial charge < -0.3 is 10.3 Å². The Labute approximate surface area is 120 Å². The molecule has 0 saturated carbocycles. The molecule has 110 valence electrons. The van der Waals surface area contributed by atoms with Crippen LogP contribution in [0.1, 0.15) is 26.0 Å². The van der Waals surface area contributed by atoms with E-state index in [0.29, 0.717) is 11.4 Å². The summed E-state index contributed by atoms with van der Waals surface area (Å²) < 4.78 is 26.9. The fraction of sp³-hybridized carbons (Fsp3) is 0.667. The zero-order valence-corrected chi connectivity index (χ0v) is 13.3. The Morgan fingerprint density at radius 1 is 1.47 bits per heavy atom. The lowest BCUT2D eigenvalue weighted by molar-refractivity contribution is 0.571. The number of sulfonamides is 1. The van der Waals surface area contributed by atoms with Gasteiger partial charge in [0.15, 0.2) is 0 Å².